The number of hydrogen-bond donors (Lipinski definition) is 0. The number of carbonyl (C=O) groups excluding carboxylic acids is 1. The number of benzene rings is 1. The van der Waals surface area contributed by atoms with Gasteiger partial charge in [-0.3, -0.25) is 4.79 Å². The molecule has 0 spiro atoms. The van der Waals surface area contributed by atoms with Gasteiger partial charge in [0.05, 0.1) is 13.5 Å². The van der Waals surface area contributed by atoms with Crippen molar-refractivity contribution >= 4 is 28.6 Å². The lowest BCUT2D eigenvalue weighted by Crippen LogP contribution is -2.04. The first-order valence-corrected chi connectivity index (χ1v) is 9.29. The Hall–Kier alpha value is -1.91. The van der Waals surface area contributed by atoms with Crippen molar-refractivity contribution in [2.75, 3.05) is 7.11 Å². The molecule has 0 fully saturated rings. The molecule has 23 heavy (non-hydrogen) atoms. The van der Waals surface area contributed by atoms with E-state index in [4.69, 9.17) is 4.74 Å². The number of methoxy groups -OCH3 is 1. The fourth-order valence-electron chi connectivity index (χ4n) is 2.62. The Morgan fingerprint density at radius 2 is 1.61 bits per heavy atom. The van der Waals surface area contributed by atoms with E-state index in [2.05, 4.69) is 42.6 Å². The maximum Gasteiger partial charge on any atom is 0.310 e. The molecule has 4 heteroatoms. The summed E-state index contributed by atoms with van der Waals surface area (Å²) in [6.45, 7) is 2.18. The highest BCUT2D eigenvalue weighted by molar-refractivity contribution is 7.14. The van der Waals surface area contributed by atoms with Crippen molar-refractivity contribution in [3.63, 3.8) is 0 Å². The van der Waals surface area contributed by atoms with Crippen LogP contribution in [0, 0.1) is 0 Å². The van der Waals surface area contributed by atoms with Crippen LogP contribution in [0.4, 0.5) is 0 Å². The van der Waals surface area contributed by atoms with E-state index < -0.39 is 0 Å². The maximum atomic E-state index is 11.6. The third-order valence-electron chi connectivity index (χ3n) is 3.82. The van der Waals surface area contributed by atoms with Crippen LogP contribution in [-0.2, 0) is 22.4 Å². The number of carbonyl (C=O) groups is 1. The molecule has 2 nitrogen and oxygen atoms in total. The highest BCUT2D eigenvalue weighted by atomic mass is 32.1. The van der Waals surface area contributed by atoms with Crippen LogP contribution in [0.1, 0.15) is 18.1 Å². The lowest BCUT2D eigenvalue weighted by molar-refractivity contribution is -0.139. The van der Waals surface area contributed by atoms with Crippen molar-refractivity contribution in [3.05, 3.63) is 58.3 Å². The molecule has 3 rings (SSSR count). The highest BCUT2D eigenvalue weighted by Crippen LogP contribution is 2.35. The molecule has 0 saturated carbocycles. The molecule has 0 saturated heterocycles. The van der Waals surface area contributed by atoms with Gasteiger partial charge in [-0.2, -0.15) is 0 Å². The first-order valence-electron chi connectivity index (χ1n) is 7.53. The summed E-state index contributed by atoms with van der Waals surface area (Å²) < 4.78 is 4.79. The molecule has 0 radical (unpaired) electrons. The summed E-state index contributed by atoms with van der Waals surface area (Å²) in [7, 11) is 1.43. The number of thiophene rings is 2. The van der Waals surface area contributed by atoms with E-state index in [-0.39, 0.29) is 5.97 Å². The summed E-state index contributed by atoms with van der Waals surface area (Å²) in [6.07, 6.45) is 1.36. The maximum absolute atomic E-state index is 11.6. The Morgan fingerprint density at radius 1 is 1.00 bits per heavy atom. The number of aryl methyl sites for hydroxylation is 1. The molecule has 2 aromatic heterocycles. The second-order valence-corrected chi connectivity index (χ2v) is 7.07. The molecule has 0 aliphatic heterocycles. The molecule has 3 aromatic rings. The van der Waals surface area contributed by atoms with Crippen LogP contribution in [0.5, 0.6) is 0 Å². The monoisotopic (exact) mass is 342 g/mol. The van der Waals surface area contributed by atoms with E-state index in [1.54, 1.807) is 22.7 Å². The number of hydrogen-bond acceptors (Lipinski definition) is 4. The van der Waals surface area contributed by atoms with Gasteiger partial charge in [0.15, 0.2) is 0 Å². The van der Waals surface area contributed by atoms with Gasteiger partial charge in [0.1, 0.15) is 0 Å². The molecule has 0 N–H and O–H groups in total. The fraction of sp³-hybridized carbons (Fsp3) is 0.211. The molecule has 0 amide bonds. The Bertz CT molecular complexity index is 814. The van der Waals surface area contributed by atoms with Gasteiger partial charge in [-0.25, -0.2) is 0 Å². The molecule has 0 bridgehead atoms. The molecule has 118 valence electrons. The predicted molar refractivity (Wildman–Crippen MR) is 98.2 cm³/mol. The average molecular weight is 342 g/mol. The minimum Gasteiger partial charge on any atom is -0.469 e. The highest BCUT2D eigenvalue weighted by Gasteiger charge is 2.13. The third kappa shape index (κ3) is 3.38. The minimum atomic E-state index is -0.202. The van der Waals surface area contributed by atoms with Crippen molar-refractivity contribution in [2.24, 2.45) is 0 Å². The molecule has 2 heterocycles. The van der Waals surface area contributed by atoms with E-state index >= 15 is 0 Å². The van der Waals surface area contributed by atoms with Crippen LogP contribution < -0.4 is 0 Å². The van der Waals surface area contributed by atoms with E-state index in [9.17, 15) is 4.79 Å². The van der Waals surface area contributed by atoms with Crippen molar-refractivity contribution < 1.29 is 9.53 Å². The summed E-state index contributed by atoms with van der Waals surface area (Å²) >= 11 is 3.45. The van der Waals surface area contributed by atoms with Gasteiger partial charge in [0.25, 0.3) is 0 Å². The summed E-state index contributed by atoms with van der Waals surface area (Å²) in [6, 6.07) is 12.8. The van der Waals surface area contributed by atoms with Crippen molar-refractivity contribution in [1.29, 1.82) is 0 Å². The van der Waals surface area contributed by atoms with Crippen molar-refractivity contribution in [3.8, 4) is 20.9 Å². The summed E-state index contributed by atoms with van der Waals surface area (Å²) in [5.74, 6) is -0.202. The van der Waals surface area contributed by atoms with Crippen molar-refractivity contribution in [2.45, 2.75) is 19.8 Å². The first kappa shape index (κ1) is 16.0. The fourth-order valence-corrected chi connectivity index (χ4v) is 4.54. The second kappa shape index (κ2) is 7.11. The van der Waals surface area contributed by atoms with E-state index in [0.29, 0.717) is 6.42 Å². The Kier molecular flexibility index (Phi) is 4.94. The van der Waals surface area contributed by atoms with Crippen LogP contribution in [0.15, 0.2) is 47.2 Å². The van der Waals surface area contributed by atoms with E-state index in [0.717, 1.165) is 22.4 Å². The molecule has 0 atom stereocenters. The number of rotatable bonds is 5. The normalized spacial score (nSPS) is 10.7. The van der Waals surface area contributed by atoms with Gasteiger partial charge >= 0.3 is 5.97 Å². The minimum absolute atomic E-state index is 0.202. The van der Waals surface area contributed by atoms with Crippen LogP contribution in [-0.4, -0.2) is 13.1 Å². The number of esters is 1. The van der Waals surface area contributed by atoms with Gasteiger partial charge in [0.2, 0.25) is 0 Å². The van der Waals surface area contributed by atoms with E-state index in [1.807, 2.05) is 11.4 Å². The third-order valence-corrected chi connectivity index (χ3v) is 5.84. The van der Waals surface area contributed by atoms with Gasteiger partial charge in [0, 0.05) is 9.75 Å². The number of ether oxygens (including phenoxy) is 1. The molecule has 0 aliphatic rings. The summed E-state index contributed by atoms with van der Waals surface area (Å²) in [5, 5.41) is 4.18. The summed E-state index contributed by atoms with van der Waals surface area (Å²) in [5.41, 5.74) is 4.81. The van der Waals surface area contributed by atoms with Gasteiger partial charge in [-0.1, -0.05) is 25.1 Å². The zero-order valence-electron chi connectivity index (χ0n) is 13.2. The lowest BCUT2D eigenvalue weighted by atomic mass is 10.0. The molecule has 1 aromatic carbocycles. The quantitative estimate of drug-likeness (QED) is 0.579. The van der Waals surface area contributed by atoms with Gasteiger partial charge < -0.3 is 4.74 Å². The molecular formula is C19H18O2S2. The Labute approximate surface area is 144 Å². The summed E-state index contributed by atoms with van der Waals surface area (Å²) in [4.78, 5) is 14.1. The molecule has 0 aliphatic carbocycles. The van der Waals surface area contributed by atoms with Crippen LogP contribution in [0.3, 0.4) is 0 Å². The van der Waals surface area contributed by atoms with Crippen LogP contribution in [0.2, 0.25) is 0 Å². The smallest absolute Gasteiger partial charge is 0.310 e. The topological polar surface area (TPSA) is 26.3 Å². The SMILES string of the molecule is CCc1ccsc1-c1cccc(-c2sccc2CC(=O)OC)c1. The van der Waals surface area contributed by atoms with Gasteiger partial charge in [-0.05, 0) is 57.6 Å². The zero-order valence-corrected chi connectivity index (χ0v) is 14.8. The first-order chi connectivity index (χ1) is 11.2. The van der Waals surface area contributed by atoms with Crippen LogP contribution >= 0.6 is 22.7 Å². The molecular weight excluding hydrogens is 324 g/mol. The predicted octanol–water partition coefficient (Wildman–Crippen LogP) is 5.42. The molecule has 0 unspecified atom stereocenters. The second-order valence-electron chi connectivity index (χ2n) is 5.24. The Morgan fingerprint density at radius 3 is 2.22 bits per heavy atom. The van der Waals surface area contributed by atoms with E-state index in [1.165, 1.54) is 23.1 Å². The lowest BCUT2D eigenvalue weighted by Gasteiger charge is -2.07. The Balaban J connectivity index is 1.98. The zero-order chi connectivity index (χ0) is 16.2. The van der Waals surface area contributed by atoms with Gasteiger partial charge in [-0.15, -0.1) is 22.7 Å². The van der Waals surface area contributed by atoms with Crippen molar-refractivity contribution in [1.82, 2.24) is 0 Å². The van der Waals surface area contributed by atoms with Crippen LogP contribution in [0.25, 0.3) is 20.9 Å². The largest absolute Gasteiger partial charge is 0.469 e. The standard InChI is InChI=1S/C19H18O2S2/c1-3-13-7-9-22-18(13)14-5-4-6-15(11-14)19-16(8-10-23-19)12-17(20)21-2/h4-11H,3,12H2,1-2H3. The average Bonchev–Trinajstić information content (AvgIpc) is 3.23.